The van der Waals surface area contributed by atoms with E-state index in [9.17, 15) is 0 Å². The minimum absolute atomic E-state index is 0.578. The Labute approximate surface area is 120 Å². The van der Waals surface area contributed by atoms with Gasteiger partial charge < -0.3 is 5.32 Å². The molecule has 0 bridgehead atoms. The summed E-state index contributed by atoms with van der Waals surface area (Å²) in [6.45, 7) is 12.1. The summed E-state index contributed by atoms with van der Waals surface area (Å²) in [5, 5.41) is 3.73. The van der Waals surface area contributed by atoms with Gasteiger partial charge in [0.2, 0.25) is 0 Å². The highest BCUT2D eigenvalue weighted by molar-refractivity contribution is 4.91. The summed E-state index contributed by atoms with van der Waals surface area (Å²) in [6.07, 6.45) is 9.66. The molecule has 112 valence electrons. The topological polar surface area (TPSA) is 15.3 Å². The molecule has 1 aliphatic carbocycles. The zero-order chi connectivity index (χ0) is 13.9. The predicted octanol–water partition coefficient (Wildman–Crippen LogP) is 3.81. The van der Waals surface area contributed by atoms with Crippen LogP contribution in [0, 0.1) is 5.41 Å². The van der Waals surface area contributed by atoms with E-state index in [1.54, 1.807) is 0 Å². The lowest BCUT2D eigenvalue weighted by Gasteiger charge is -2.44. The van der Waals surface area contributed by atoms with Crippen LogP contribution in [0.25, 0.3) is 0 Å². The number of rotatable bonds is 3. The number of piperazine rings is 1. The second-order valence-corrected chi connectivity index (χ2v) is 7.52. The Morgan fingerprint density at radius 1 is 1.11 bits per heavy atom. The van der Waals surface area contributed by atoms with Gasteiger partial charge in [-0.3, -0.25) is 4.90 Å². The Hall–Kier alpha value is -0.0800. The van der Waals surface area contributed by atoms with Gasteiger partial charge >= 0.3 is 0 Å². The quantitative estimate of drug-likeness (QED) is 0.782. The minimum Gasteiger partial charge on any atom is -0.311 e. The third-order valence-electron chi connectivity index (χ3n) is 5.52. The molecule has 1 heterocycles. The first-order chi connectivity index (χ1) is 9.05. The summed E-state index contributed by atoms with van der Waals surface area (Å²) in [7, 11) is 0. The largest absolute Gasteiger partial charge is 0.311 e. The highest BCUT2D eigenvalue weighted by Crippen LogP contribution is 2.36. The van der Waals surface area contributed by atoms with E-state index in [0.29, 0.717) is 5.41 Å². The molecule has 2 heteroatoms. The molecule has 0 radical (unpaired) electrons. The van der Waals surface area contributed by atoms with E-state index in [1.165, 1.54) is 58.0 Å². The first-order valence-electron chi connectivity index (χ1n) is 8.55. The molecule has 2 nitrogen and oxygen atoms in total. The molecule has 1 saturated heterocycles. The van der Waals surface area contributed by atoms with Gasteiger partial charge in [-0.25, -0.2) is 0 Å². The van der Waals surface area contributed by atoms with Crippen LogP contribution in [0.3, 0.4) is 0 Å². The maximum atomic E-state index is 3.73. The molecular formula is C17H34N2. The molecule has 1 N–H and O–H groups in total. The Balaban J connectivity index is 2.00. The van der Waals surface area contributed by atoms with Crippen LogP contribution in [-0.2, 0) is 0 Å². The van der Waals surface area contributed by atoms with Crippen LogP contribution >= 0.6 is 0 Å². The van der Waals surface area contributed by atoms with Crippen LogP contribution in [0.1, 0.15) is 72.6 Å². The maximum absolute atomic E-state index is 3.73. The average Bonchev–Trinajstić information content (AvgIpc) is 2.59. The lowest BCUT2D eigenvalue weighted by molar-refractivity contribution is 0.0683. The second-order valence-electron chi connectivity index (χ2n) is 7.52. The third-order valence-corrected chi connectivity index (χ3v) is 5.52. The number of hydrogen-bond donors (Lipinski definition) is 1. The average molecular weight is 266 g/mol. The van der Waals surface area contributed by atoms with Crippen molar-refractivity contribution in [1.29, 1.82) is 0 Å². The van der Waals surface area contributed by atoms with Crippen molar-refractivity contribution in [1.82, 2.24) is 10.2 Å². The van der Waals surface area contributed by atoms with E-state index in [-0.39, 0.29) is 0 Å². The SMILES string of the molecule is CCC1CN(C2CCCC(C)(C)CC2)C(CC)CN1. The molecular weight excluding hydrogens is 232 g/mol. The van der Waals surface area contributed by atoms with Crippen LogP contribution in [0.2, 0.25) is 0 Å². The van der Waals surface area contributed by atoms with Crippen molar-refractivity contribution in [3.05, 3.63) is 0 Å². The molecule has 0 amide bonds. The summed E-state index contributed by atoms with van der Waals surface area (Å²) in [6, 6.07) is 2.34. The van der Waals surface area contributed by atoms with Gasteiger partial charge in [0.15, 0.2) is 0 Å². The fraction of sp³-hybridized carbons (Fsp3) is 1.00. The molecule has 1 saturated carbocycles. The van der Waals surface area contributed by atoms with E-state index in [4.69, 9.17) is 0 Å². The van der Waals surface area contributed by atoms with Crippen molar-refractivity contribution >= 4 is 0 Å². The molecule has 1 aliphatic heterocycles. The Bertz CT molecular complexity index is 274. The van der Waals surface area contributed by atoms with E-state index in [2.05, 4.69) is 37.9 Å². The highest BCUT2D eigenvalue weighted by Gasteiger charge is 2.33. The van der Waals surface area contributed by atoms with Crippen LogP contribution in [0.15, 0.2) is 0 Å². The summed E-state index contributed by atoms with van der Waals surface area (Å²) in [4.78, 5) is 2.87. The number of hydrogen-bond acceptors (Lipinski definition) is 2. The van der Waals surface area contributed by atoms with E-state index < -0.39 is 0 Å². The summed E-state index contributed by atoms with van der Waals surface area (Å²) >= 11 is 0. The fourth-order valence-electron chi connectivity index (χ4n) is 3.96. The molecule has 0 aromatic rings. The first kappa shape index (κ1) is 15.3. The minimum atomic E-state index is 0.578. The smallest absolute Gasteiger partial charge is 0.0221 e. The van der Waals surface area contributed by atoms with Crippen molar-refractivity contribution in [2.45, 2.75) is 90.8 Å². The second kappa shape index (κ2) is 6.58. The Morgan fingerprint density at radius 2 is 1.89 bits per heavy atom. The third kappa shape index (κ3) is 3.95. The van der Waals surface area contributed by atoms with Crippen molar-refractivity contribution < 1.29 is 0 Å². The van der Waals surface area contributed by atoms with Crippen molar-refractivity contribution in [2.24, 2.45) is 5.41 Å². The molecule has 3 unspecified atom stereocenters. The first-order valence-corrected chi connectivity index (χ1v) is 8.55. The molecule has 2 aliphatic rings. The van der Waals surface area contributed by atoms with Gasteiger partial charge in [-0.2, -0.15) is 0 Å². The molecule has 0 spiro atoms. The standard InChI is InChI=1S/C17H34N2/c1-5-14-13-19(15(6-2)12-18-14)16-8-7-10-17(3,4)11-9-16/h14-16,18H,5-13H2,1-4H3. The van der Waals surface area contributed by atoms with Gasteiger partial charge in [0, 0.05) is 31.2 Å². The van der Waals surface area contributed by atoms with Crippen molar-refractivity contribution in [2.75, 3.05) is 13.1 Å². The van der Waals surface area contributed by atoms with Crippen molar-refractivity contribution in [3.63, 3.8) is 0 Å². The zero-order valence-electron chi connectivity index (χ0n) is 13.5. The van der Waals surface area contributed by atoms with Crippen LogP contribution < -0.4 is 5.32 Å². The Kier molecular flexibility index (Phi) is 5.30. The number of nitrogens with zero attached hydrogens (tertiary/aromatic N) is 1. The molecule has 2 rings (SSSR count). The van der Waals surface area contributed by atoms with Crippen LogP contribution in [0.5, 0.6) is 0 Å². The Morgan fingerprint density at radius 3 is 2.58 bits per heavy atom. The molecule has 3 atom stereocenters. The molecule has 2 fully saturated rings. The normalized spacial score (nSPS) is 36.9. The maximum Gasteiger partial charge on any atom is 0.0221 e. The van der Waals surface area contributed by atoms with E-state index in [0.717, 1.165) is 18.1 Å². The highest BCUT2D eigenvalue weighted by atomic mass is 15.3. The van der Waals surface area contributed by atoms with Crippen LogP contribution in [0.4, 0.5) is 0 Å². The molecule has 0 aromatic heterocycles. The van der Waals surface area contributed by atoms with Gasteiger partial charge in [-0.1, -0.05) is 34.1 Å². The molecule has 19 heavy (non-hydrogen) atoms. The van der Waals surface area contributed by atoms with E-state index in [1.807, 2.05) is 0 Å². The summed E-state index contributed by atoms with van der Waals surface area (Å²) in [5.74, 6) is 0. The van der Waals surface area contributed by atoms with Crippen LogP contribution in [-0.4, -0.2) is 36.1 Å². The predicted molar refractivity (Wildman–Crippen MR) is 83.5 cm³/mol. The number of nitrogens with one attached hydrogen (secondary N) is 1. The summed E-state index contributed by atoms with van der Waals surface area (Å²) < 4.78 is 0. The molecule has 0 aromatic carbocycles. The lowest BCUT2D eigenvalue weighted by atomic mass is 9.85. The van der Waals surface area contributed by atoms with E-state index >= 15 is 0 Å². The lowest BCUT2D eigenvalue weighted by Crippen LogP contribution is -2.59. The van der Waals surface area contributed by atoms with Gasteiger partial charge in [0.05, 0.1) is 0 Å². The fourth-order valence-corrected chi connectivity index (χ4v) is 3.96. The van der Waals surface area contributed by atoms with Gasteiger partial charge in [-0.15, -0.1) is 0 Å². The van der Waals surface area contributed by atoms with Gasteiger partial charge in [0.1, 0.15) is 0 Å². The van der Waals surface area contributed by atoms with Gasteiger partial charge in [-0.05, 0) is 43.9 Å². The zero-order valence-corrected chi connectivity index (χ0v) is 13.5. The monoisotopic (exact) mass is 266 g/mol. The van der Waals surface area contributed by atoms with Gasteiger partial charge in [0.25, 0.3) is 0 Å². The van der Waals surface area contributed by atoms with Crippen molar-refractivity contribution in [3.8, 4) is 0 Å². The summed E-state index contributed by atoms with van der Waals surface area (Å²) in [5.41, 5.74) is 0.578.